The van der Waals surface area contributed by atoms with Crippen molar-refractivity contribution >= 4 is 48.8 Å². The maximum Gasteiger partial charge on any atom is 0.213 e. The van der Waals surface area contributed by atoms with E-state index in [1.165, 1.54) is 12.7 Å². The number of nitrogen functional groups attached to an aromatic ring is 1. The molecule has 0 fully saturated rings. The number of primary sulfonamides is 2. The average Bonchev–Trinajstić information content (AvgIpc) is 3.11. The molecule has 0 aliphatic carbocycles. The monoisotopic (exact) mass is 776 g/mol. The van der Waals surface area contributed by atoms with Crippen molar-refractivity contribution in [2.45, 2.75) is 24.7 Å². The largest absolute Gasteiger partial charge is 0.399 e. The molecule has 0 saturated heterocycles. The Kier molecular flexibility index (Phi) is 14.5. The maximum absolute atomic E-state index is 11.2. The zero-order valence-corrected chi connectivity index (χ0v) is 30.5. The van der Waals surface area contributed by atoms with Crippen LogP contribution in [0.25, 0.3) is 22.5 Å². The van der Waals surface area contributed by atoms with Gasteiger partial charge in [-0.05, 0) is 46.5 Å². The van der Waals surface area contributed by atoms with E-state index in [9.17, 15) is 27.0 Å². The van der Waals surface area contributed by atoms with Gasteiger partial charge in [0.25, 0.3) is 0 Å². The van der Waals surface area contributed by atoms with Crippen LogP contribution >= 0.6 is 11.6 Å². The summed E-state index contributed by atoms with van der Waals surface area (Å²) < 4.78 is 43.8. The summed E-state index contributed by atoms with van der Waals surface area (Å²) in [6.07, 6.45) is 2.84. The van der Waals surface area contributed by atoms with Gasteiger partial charge in [0.1, 0.15) is 23.6 Å². The fourth-order valence-corrected chi connectivity index (χ4v) is 6.34. The van der Waals surface area contributed by atoms with Gasteiger partial charge in [0, 0.05) is 34.6 Å². The number of aromatic nitrogens is 4. The van der Waals surface area contributed by atoms with Crippen LogP contribution in [-0.2, 0) is 44.8 Å². The molecule has 0 radical (unpaired) electrons. The van der Waals surface area contributed by atoms with Crippen LogP contribution in [0.2, 0.25) is 5.15 Å². The van der Waals surface area contributed by atoms with Crippen molar-refractivity contribution in [1.29, 1.82) is 0 Å². The van der Waals surface area contributed by atoms with Crippen LogP contribution < -0.4 is 21.3 Å². The zero-order chi connectivity index (χ0) is 38.4. The summed E-state index contributed by atoms with van der Waals surface area (Å²) in [5.41, 5.74) is 12.6. The molecule has 276 valence electrons. The molecular weight excluding hydrogens is 740 g/mol. The molecule has 6 aromatic rings. The molecule has 0 atom stereocenters. The first-order chi connectivity index (χ1) is 25.2. The summed E-state index contributed by atoms with van der Waals surface area (Å²) in [7, 11) is -7.04. The number of benzene rings is 4. The fraction of sp³-hybridized carbons (Fsp3) is 0.111. The standard InChI is InChI=1S/C18H18N4O3S.C11H9ClN2O.C7H10N2O2S/c19-26(24,25)11-13-4-3-6-15(8-13)22-18-9-17(20-12-21-18)16-7-2-1-5-14(16)10-23;12-11-5-10(13-7-14-11)9-4-2-1-3-8(9)6-15;8-7-3-1-2-6(4-7)5-12(9,10)11/h1-9,12,23H,10-11H2,(H2,19,24,25)(H,20,21,22);1-5,7,15H,6H2;1-4H,5,8H2,(H2,9,10,11). The lowest BCUT2D eigenvalue weighted by Gasteiger charge is -2.10. The highest BCUT2D eigenvalue weighted by Gasteiger charge is 2.09. The number of halogens is 1. The molecule has 9 N–H and O–H groups in total. The van der Waals surface area contributed by atoms with Crippen LogP contribution in [0.3, 0.4) is 0 Å². The zero-order valence-electron chi connectivity index (χ0n) is 28.1. The quantitative estimate of drug-likeness (QED) is 0.0830. The molecule has 0 aliphatic heterocycles. The van der Waals surface area contributed by atoms with E-state index in [4.69, 9.17) is 27.6 Å². The van der Waals surface area contributed by atoms with Crippen molar-refractivity contribution in [1.82, 2.24) is 19.9 Å². The number of rotatable bonds is 10. The molecule has 0 amide bonds. The summed E-state index contributed by atoms with van der Waals surface area (Å²) in [5.74, 6) is 0.148. The van der Waals surface area contributed by atoms with E-state index in [-0.39, 0.29) is 24.7 Å². The first kappa shape index (κ1) is 40.4. The van der Waals surface area contributed by atoms with E-state index in [2.05, 4.69) is 25.3 Å². The van der Waals surface area contributed by atoms with Gasteiger partial charge in [-0.25, -0.2) is 47.0 Å². The number of aliphatic hydroxyl groups excluding tert-OH is 2. The summed E-state index contributed by atoms with van der Waals surface area (Å²) in [6, 6.07) is 32.0. The molecule has 0 unspecified atom stereocenters. The number of hydrogen-bond acceptors (Lipinski definition) is 12. The van der Waals surface area contributed by atoms with Crippen molar-refractivity contribution in [3.05, 3.63) is 149 Å². The number of nitrogens with one attached hydrogen (secondary N) is 1. The minimum atomic E-state index is -3.59. The molecule has 17 heteroatoms. The smallest absolute Gasteiger partial charge is 0.213 e. The van der Waals surface area contributed by atoms with Gasteiger partial charge in [0.05, 0.1) is 36.1 Å². The molecule has 2 heterocycles. The molecule has 2 aromatic heterocycles. The van der Waals surface area contributed by atoms with Crippen molar-refractivity contribution in [3.63, 3.8) is 0 Å². The molecule has 0 aliphatic rings. The van der Waals surface area contributed by atoms with Gasteiger partial charge in [0.2, 0.25) is 20.0 Å². The minimum absolute atomic E-state index is 0.0161. The Balaban J connectivity index is 0.000000196. The first-order valence-electron chi connectivity index (χ1n) is 15.6. The van der Waals surface area contributed by atoms with Gasteiger partial charge in [-0.3, -0.25) is 0 Å². The van der Waals surface area contributed by atoms with Crippen molar-refractivity contribution < 1.29 is 27.0 Å². The molecule has 0 bridgehead atoms. The van der Waals surface area contributed by atoms with Crippen LogP contribution in [0.15, 0.2) is 122 Å². The Labute approximate surface area is 312 Å². The van der Waals surface area contributed by atoms with E-state index in [1.54, 1.807) is 60.7 Å². The first-order valence-corrected chi connectivity index (χ1v) is 19.4. The lowest BCUT2D eigenvalue weighted by Crippen LogP contribution is -2.14. The lowest BCUT2D eigenvalue weighted by atomic mass is 10.0. The van der Waals surface area contributed by atoms with Crippen molar-refractivity contribution in [3.8, 4) is 22.5 Å². The number of sulfonamides is 2. The summed E-state index contributed by atoms with van der Waals surface area (Å²) in [4.78, 5) is 16.4. The third-order valence-electron chi connectivity index (χ3n) is 7.11. The second-order valence-electron chi connectivity index (χ2n) is 11.3. The number of nitrogens with zero attached hydrogens (tertiary/aromatic N) is 4. The van der Waals surface area contributed by atoms with E-state index >= 15 is 0 Å². The van der Waals surface area contributed by atoms with Gasteiger partial charge in [-0.2, -0.15) is 0 Å². The van der Waals surface area contributed by atoms with Crippen LogP contribution in [0.5, 0.6) is 0 Å². The molecule has 14 nitrogen and oxygen atoms in total. The summed E-state index contributed by atoms with van der Waals surface area (Å²) in [6.45, 7) is -0.101. The molecule has 0 saturated carbocycles. The Bertz CT molecular complexity index is 2370. The van der Waals surface area contributed by atoms with Crippen LogP contribution in [0.1, 0.15) is 22.3 Å². The van der Waals surface area contributed by atoms with Gasteiger partial charge < -0.3 is 21.3 Å². The Morgan fingerprint density at radius 3 is 1.64 bits per heavy atom. The van der Waals surface area contributed by atoms with Crippen LogP contribution in [0, 0.1) is 0 Å². The van der Waals surface area contributed by atoms with Crippen LogP contribution in [0.4, 0.5) is 17.2 Å². The molecule has 0 spiro atoms. The number of anilines is 3. The molecular formula is C36H37ClN8O6S2. The van der Waals surface area contributed by atoms with Gasteiger partial charge in [-0.1, -0.05) is 84.4 Å². The lowest BCUT2D eigenvalue weighted by molar-refractivity contribution is 0.282. The Morgan fingerprint density at radius 2 is 1.11 bits per heavy atom. The van der Waals surface area contributed by atoms with Gasteiger partial charge >= 0.3 is 0 Å². The highest BCUT2D eigenvalue weighted by Crippen LogP contribution is 2.25. The van der Waals surface area contributed by atoms with Gasteiger partial charge in [-0.15, -0.1) is 0 Å². The predicted molar refractivity (Wildman–Crippen MR) is 206 cm³/mol. The summed E-state index contributed by atoms with van der Waals surface area (Å²) in [5, 5.41) is 32.1. The van der Waals surface area contributed by atoms with Crippen molar-refractivity contribution in [2.75, 3.05) is 11.1 Å². The number of nitrogens with two attached hydrogens (primary N) is 3. The fourth-order valence-electron chi connectivity index (χ4n) is 4.90. The highest BCUT2D eigenvalue weighted by molar-refractivity contribution is 7.88. The SMILES string of the molecule is NS(=O)(=O)Cc1cccc(Nc2cc(-c3ccccc3CO)ncn2)c1.Nc1cccc(CS(N)(=O)=O)c1.OCc1ccccc1-c1cc(Cl)ncn1. The van der Waals surface area contributed by atoms with E-state index in [1.807, 2.05) is 48.5 Å². The van der Waals surface area contributed by atoms with E-state index in [0.717, 1.165) is 27.9 Å². The second kappa shape index (κ2) is 19.0. The highest BCUT2D eigenvalue weighted by atomic mass is 35.5. The van der Waals surface area contributed by atoms with Crippen LogP contribution in [-0.4, -0.2) is 47.0 Å². The summed E-state index contributed by atoms with van der Waals surface area (Å²) >= 11 is 5.78. The van der Waals surface area contributed by atoms with Gasteiger partial charge in [0.15, 0.2) is 0 Å². The Morgan fingerprint density at radius 1 is 0.604 bits per heavy atom. The normalized spacial score (nSPS) is 11.0. The predicted octanol–water partition coefficient (Wildman–Crippen LogP) is 4.51. The third-order valence-corrected chi connectivity index (χ3v) is 8.79. The maximum atomic E-state index is 11.2. The molecule has 4 aromatic carbocycles. The molecule has 6 rings (SSSR count). The Hall–Kier alpha value is -5.33. The van der Waals surface area contributed by atoms with E-state index < -0.39 is 20.0 Å². The molecule has 53 heavy (non-hydrogen) atoms. The number of aliphatic hydroxyl groups is 2. The third kappa shape index (κ3) is 13.6. The minimum Gasteiger partial charge on any atom is -0.399 e. The topological polar surface area (TPSA) is 250 Å². The number of hydrogen-bond donors (Lipinski definition) is 6. The second-order valence-corrected chi connectivity index (χ2v) is 14.9. The van der Waals surface area contributed by atoms with Crippen molar-refractivity contribution in [2.24, 2.45) is 10.3 Å². The van der Waals surface area contributed by atoms with E-state index in [0.29, 0.717) is 39.2 Å². The average molecular weight is 777 g/mol.